The van der Waals surface area contributed by atoms with E-state index >= 15 is 0 Å². The fraction of sp³-hybridized carbons (Fsp3) is 0.600. The van der Waals surface area contributed by atoms with Gasteiger partial charge in [-0.3, -0.25) is 4.79 Å². The number of rotatable bonds is 4. The van der Waals surface area contributed by atoms with E-state index in [0.29, 0.717) is 16.8 Å². The molecule has 0 bridgehead atoms. The van der Waals surface area contributed by atoms with E-state index in [1.807, 2.05) is 0 Å². The van der Waals surface area contributed by atoms with Crippen LogP contribution in [0.25, 0.3) is 0 Å². The van der Waals surface area contributed by atoms with Gasteiger partial charge in [0.1, 0.15) is 5.82 Å². The Morgan fingerprint density at radius 2 is 2.27 bits per heavy atom. The Morgan fingerprint density at radius 3 is 2.80 bits per heavy atom. The van der Waals surface area contributed by atoms with Crippen LogP contribution in [-0.4, -0.2) is 15.2 Å². The Morgan fingerprint density at radius 1 is 1.60 bits per heavy atom. The summed E-state index contributed by atoms with van der Waals surface area (Å²) in [7, 11) is 0. The number of nitrogens with one attached hydrogen (secondary N) is 1. The molecule has 1 atom stereocenters. The maximum Gasteiger partial charge on any atom is 0.287 e. The first kappa shape index (κ1) is 12.2. The minimum Gasteiger partial charge on any atom is -0.307 e. The monoisotopic (exact) mass is 230 g/mol. The molecule has 1 aromatic rings. The summed E-state index contributed by atoms with van der Waals surface area (Å²) in [6, 6.07) is 0. The third-order valence-electron chi connectivity index (χ3n) is 2.16. The quantitative estimate of drug-likeness (QED) is 0.863. The van der Waals surface area contributed by atoms with Crippen LogP contribution in [0, 0.1) is 12.7 Å². The number of H-pyrrole nitrogens is 1. The molecular formula is C10H15FN2OS. The molecule has 1 aromatic heterocycles. The maximum atomic E-state index is 13.0. The predicted octanol–water partition coefficient (Wildman–Crippen LogP) is 2.25. The van der Waals surface area contributed by atoms with E-state index in [0.717, 1.165) is 6.42 Å². The van der Waals surface area contributed by atoms with Gasteiger partial charge < -0.3 is 4.98 Å². The molecule has 0 saturated heterocycles. The van der Waals surface area contributed by atoms with E-state index in [2.05, 4.69) is 23.8 Å². The molecule has 0 aliphatic heterocycles. The van der Waals surface area contributed by atoms with E-state index in [1.54, 1.807) is 11.8 Å². The molecule has 84 valence electrons. The van der Waals surface area contributed by atoms with Crippen molar-refractivity contribution in [1.82, 2.24) is 9.97 Å². The van der Waals surface area contributed by atoms with Gasteiger partial charge >= 0.3 is 0 Å². The van der Waals surface area contributed by atoms with Gasteiger partial charge in [0.15, 0.2) is 0 Å². The van der Waals surface area contributed by atoms with Crippen molar-refractivity contribution >= 4 is 11.8 Å². The van der Waals surface area contributed by atoms with Gasteiger partial charge in [0.25, 0.3) is 5.56 Å². The highest BCUT2D eigenvalue weighted by Crippen LogP contribution is 2.17. The minimum absolute atomic E-state index is 0.165. The van der Waals surface area contributed by atoms with E-state index < -0.39 is 11.4 Å². The molecule has 0 saturated carbocycles. The van der Waals surface area contributed by atoms with Crippen LogP contribution in [0.15, 0.2) is 4.79 Å². The highest BCUT2D eigenvalue weighted by Gasteiger charge is 2.08. The van der Waals surface area contributed by atoms with Gasteiger partial charge in [0.05, 0.1) is 11.4 Å². The number of aromatic nitrogens is 2. The Labute approximate surface area is 92.5 Å². The van der Waals surface area contributed by atoms with Crippen LogP contribution in [0.4, 0.5) is 4.39 Å². The van der Waals surface area contributed by atoms with Crippen molar-refractivity contribution in [3.8, 4) is 0 Å². The number of aromatic amines is 1. The third kappa shape index (κ3) is 3.34. The van der Waals surface area contributed by atoms with Gasteiger partial charge in [-0.2, -0.15) is 16.2 Å². The summed E-state index contributed by atoms with van der Waals surface area (Å²) in [6.45, 7) is 5.71. The fourth-order valence-corrected chi connectivity index (χ4v) is 1.85. The number of hydrogen-bond acceptors (Lipinski definition) is 3. The van der Waals surface area contributed by atoms with Gasteiger partial charge in [-0.15, -0.1) is 0 Å². The summed E-state index contributed by atoms with van der Waals surface area (Å²) in [5.41, 5.74) is -0.513. The average molecular weight is 230 g/mol. The van der Waals surface area contributed by atoms with Gasteiger partial charge in [0.2, 0.25) is 5.82 Å². The van der Waals surface area contributed by atoms with Gasteiger partial charge in [-0.25, -0.2) is 4.98 Å². The Hall–Kier alpha value is -0.840. The number of thioether (sulfide) groups is 1. The first-order chi connectivity index (χ1) is 7.04. The van der Waals surface area contributed by atoms with Gasteiger partial charge in [-0.1, -0.05) is 13.8 Å². The van der Waals surface area contributed by atoms with Crippen LogP contribution in [0.2, 0.25) is 0 Å². The smallest absolute Gasteiger partial charge is 0.287 e. The molecule has 1 N–H and O–H groups in total. The zero-order chi connectivity index (χ0) is 11.4. The van der Waals surface area contributed by atoms with Crippen molar-refractivity contribution in [3.05, 3.63) is 27.7 Å². The topological polar surface area (TPSA) is 45.8 Å². The van der Waals surface area contributed by atoms with Crippen molar-refractivity contribution in [1.29, 1.82) is 0 Å². The standard InChI is InChI=1S/C10H15FN2OS/c1-4-6(2)15-5-8-12-7(3)9(11)10(14)13-8/h6H,4-5H2,1-3H3,(H,12,13,14). The predicted molar refractivity (Wildman–Crippen MR) is 60.6 cm³/mol. The highest BCUT2D eigenvalue weighted by molar-refractivity contribution is 7.99. The summed E-state index contributed by atoms with van der Waals surface area (Å²) in [6.07, 6.45) is 1.06. The summed E-state index contributed by atoms with van der Waals surface area (Å²) in [4.78, 5) is 17.5. The molecule has 0 aromatic carbocycles. The highest BCUT2D eigenvalue weighted by atomic mass is 32.2. The molecule has 0 aliphatic carbocycles. The lowest BCUT2D eigenvalue weighted by Crippen LogP contribution is -2.17. The molecule has 5 heteroatoms. The summed E-state index contributed by atoms with van der Waals surface area (Å²) in [5, 5.41) is 0.515. The fourth-order valence-electron chi connectivity index (χ4n) is 1.04. The lowest BCUT2D eigenvalue weighted by atomic mass is 10.4. The summed E-state index contributed by atoms with van der Waals surface area (Å²) >= 11 is 1.70. The Kier molecular flexibility index (Phi) is 4.32. The minimum atomic E-state index is -0.785. The zero-order valence-corrected chi connectivity index (χ0v) is 9.95. The lowest BCUT2D eigenvalue weighted by Gasteiger charge is -2.07. The Bertz CT molecular complexity index is 391. The van der Waals surface area contributed by atoms with Crippen LogP contribution < -0.4 is 5.56 Å². The first-order valence-corrected chi connectivity index (χ1v) is 5.96. The van der Waals surface area contributed by atoms with Crippen molar-refractivity contribution < 1.29 is 4.39 Å². The number of hydrogen-bond donors (Lipinski definition) is 1. The molecule has 15 heavy (non-hydrogen) atoms. The Balaban J connectivity index is 2.75. The third-order valence-corrected chi connectivity index (χ3v) is 3.50. The SMILES string of the molecule is CCC(C)SCc1nc(C)c(F)c(=O)[nH]1. The molecule has 0 amide bonds. The van der Waals surface area contributed by atoms with E-state index in [-0.39, 0.29) is 5.69 Å². The average Bonchev–Trinajstić information content (AvgIpc) is 2.22. The largest absolute Gasteiger partial charge is 0.307 e. The zero-order valence-electron chi connectivity index (χ0n) is 9.13. The van der Waals surface area contributed by atoms with Gasteiger partial charge in [-0.05, 0) is 13.3 Å². The van der Waals surface area contributed by atoms with Crippen LogP contribution in [0.3, 0.4) is 0 Å². The van der Waals surface area contributed by atoms with Crippen molar-refractivity contribution in [2.45, 2.75) is 38.2 Å². The second-order valence-electron chi connectivity index (χ2n) is 3.44. The van der Waals surface area contributed by atoms with Crippen molar-refractivity contribution in [2.24, 2.45) is 0 Å². The number of halogens is 1. The van der Waals surface area contributed by atoms with Crippen LogP contribution in [0.5, 0.6) is 0 Å². The molecular weight excluding hydrogens is 215 g/mol. The molecule has 3 nitrogen and oxygen atoms in total. The normalized spacial score (nSPS) is 12.8. The van der Waals surface area contributed by atoms with Crippen LogP contribution in [0.1, 0.15) is 31.8 Å². The molecule has 0 radical (unpaired) electrons. The number of nitrogens with zero attached hydrogens (tertiary/aromatic N) is 1. The van der Waals surface area contributed by atoms with Crippen LogP contribution in [-0.2, 0) is 5.75 Å². The molecule has 1 unspecified atom stereocenters. The van der Waals surface area contributed by atoms with Crippen molar-refractivity contribution in [3.63, 3.8) is 0 Å². The molecule has 1 heterocycles. The molecule has 0 spiro atoms. The summed E-state index contributed by atoms with van der Waals surface area (Å²) in [5.74, 6) is 0.377. The molecule has 1 rings (SSSR count). The van der Waals surface area contributed by atoms with Crippen molar-refractivity contribution in [2.75, 3.05) is 0 Å². The van der Waals surface area contributed by atoms with Crippen LogP contribution >= 0.6 is 11.8 Å². The first-order valence-electron chi connectivity index (χ1n) is 4.91. The molecule has 0 aliphatic rings. The van der Waals surface area contributed by atoms with Gasteiger partial charge in [0, 0.05) is 5.25 Å². The van der Waals surface area contributed by atoms with E-state index in [1.165, 1.54) is 6.92 Å². The maximum absolute atomic E-state index is 13.0. The van der Waals surface area contributed by atoms with E-state index in [4.69, 9.17) is 0 Å². The second-order valence-corrected chi connectivity index (χ2v) is 4.87. The second kappa shape index (κ2) is 5.30. The van der Waals surface area contributed by atoms with E-state index in [9.17, 15) is 9.18 Å². The summed E-state index contributed by atoms with van der Waals surface area (Å²) < 4.78 is 13.0. The lowest BCUT2D eigenvalue weighted by molar-refractivity contribution is 0.584. The molecule has 0 fully saturated rings. The number of aryl methyl sites for hydroxylation is 1.